The molecule has 4 nitrogen and oxygen atoms in total. The van der Waals surface area contributed by atoms with E-state index in [1.165, 1.54) is 29.5 Å². The number of fused-ring (bicyclic) bond motifs is 3. The molecule has 4 heterocycles. The number of hydrogen-bond donors (Lipinski definition) is 0. The number of rotatable bonds is 8. The van der Waals surface area contributed by atoms with Gasteiger partial charge in [0.25, 0.3) is 0 Å². The van der Waals surface area contributed by atoms with Gasteiger partial charge in [-0.25, -0.2) is 8.78 Å². The fraction of sp³-hybridized carbons (Fsp3) is 0.357. The number of quaternary nitrogens is 1. The minimum Gasteiger partial charge on any atom is -0.456 e. The SMILES string of the molecule is O=C(C[N+]12CCC(CC1)C(OC(=O)C(Cc1ccccc1F)c1ccc(F)cc1)C2)c1cccs1. The maximum Gasteiger partial charge on any atom is 0.314 e. The Hall–Kier alpha value is -2.90. The van der Waals surface area contributed by atoms with Gasteiger partial charge in [0, 0.05) is 18.8 Å². The zero-order valence-electron chi connectivity index (χ0n) is 19.4. The van der Waals surface area contributed by atoms with Gasteiger partial charge in [-0.05, 0) is 47.2 Å². The van der Waals surface area contributed by atoms with Gasteiger partial charge in [-0.15, -0.1) is 11.3 Å². The second kappa shape index (κ2) is 9.99. The van der Waals surface area contributed by atoms with E-state index in [1.807, 2.05) is 17.5 Å². The van der Waals surface area contributed by atoms with Gasteiger partial charge in [0.15, 0.2) is 6.10 Å². The number of thiophene rings is 1. The Balaban J connectivity index is 1.34. The lowest BCUT2D eigenvalue weighted by Crippen LogP contribution is -2.65. The van der Waals surface area contributed by atoms with Crippen molar-refractivity contribution >= 4 is 23.1 Å². The molecule has 6 rings (SSSR count). The van der Waals surface area contributed by atoms with Crippen LogP contribution in [-0.4, -0.2) is 48.5 Å². The van der Waals surface area contributed by atoms with Crippen LogP contribution in [0.5, 0.6) is 0 Å². The molecule has 3 saturated heterocycles. The molecule has 1 aromatic heterocycles. The summed E-state index contributed by atoms with van der Waals surface area (Å²) in [6.45, 7) is 2.85. The number of nitrogens with zero attached hydrogens (tertiary/aromatic N) is 1. The third-order valence-electron chi connectivity index (χ3n) is 7.52. The summed E-state index contributed by atoms with van der Waals surface area (Å²) in [5.74, 6) is -1.56. The van der Waals surface area contributed by atoms with Crippen molar-refractivity contribution < 1.29 is 27.6 Å². The Bertz CT molecular complexity index is 1190. The third kappa shape index (κ3) is 5.21. The molecule has 0 spiro atoms. The largest absolute Gasteiger partial charge is 0.456 e. The zero-order chi connectivity index (χ0) is 24.4. The lowest BCUT2D eigenvalue weighted by atomic mass is 9.82. The third-order valence-corrected chi connectivity index (χ3v) is 8.43. The Morgan fingerprint density at radius 2 is 1.74 bits per heavy atom. The molecule has 0 radical (unpaired) electrons. The van der Waals surface area contributed by atoms with E-state index in [4.69, 9.17) is 4.74 Å². The molecular formula is C28H28F2NO3S+. The van der Waals surface area contributed by atoms with Gasteiger partial charge in [-0.3, -0.25) is 9.59 Å². The molecule has 3 aliphatic heterocycles. The highest BCUT2D eigenvalue weighted by Gasteiger charge is 2.49. The predicted molar refractivity (Wildman–Crippen MR) is 130 cm³/mol. The fourth-order valence-corrected chi connectivity index (χ4v) is 6.20. The van der Waals surface area contributed by atoms with Crippen LogP contribution in [0.1, 0.15) is 39.6 Å². The first kappa shape index (κ1) is 23.8. The van der Waals surface area contributed by atoms with E-state index < -0.39 is 17.7 Å². The number of carbonyl (C=O) groups is 2. The number of benzene rings is 2. The highest BCUT2D eigenvalue weighted by molar-refractivity contribution is 7.12. The van der Waals surface area contributed by atoms with Crippen molar-refractivity contribution in [3.8, 4) is 0 Å². The van der Waals surface area contributed by atoms with E-state index in [-0.39, 0.29) is 30.0 Å². The summed E-state index contributed by atoms with van der Waals surface area (Å²) in [5.41, 5.74) is 1.01. The summed E-state index contributed by atoms with van der Waals surface area (Å²) >= 11 is 1.46. The number of esters is 1. The maximum atomic E-state index is 14.4. The topological polar surface area (TPSA) is 43.4 Å². The smallest absolute Gasteiger partial charge is 0.314 e. The summed E-state index contributed by atoms with van der Waals surface area (Å²) in [5, 5.41) is 1.91. The van der Waals surface area contributed by atoms with Crippen LogP contribution in [0.15, 0.2) is 66.0 Å². The number of halogens is 2. The number of piperidine rings is 3. The molecule has 2 aromatic carbocycles. The van der Waals surface area contributed by atoms with Crippen LogP contribution < -0.4 is 0 Å². The summed E-state index contributed by atoms with van der Waals surface area (Å²) < 4.78 is 34.7. The molecule has 182 valence electrons. The molecule has 3 aliphatic rings. The van der Waals surface area contributed by atoms with Gasteiger partial charge in [0.05, 0.1) is 23.9 Å². The van der Waals surface area contributed by atoms with Gasteiger partial charge in [-0.1, -0.05) is 36.4 Å². The summed E-state index contributed by atoms with van der Waals surface area (Å²) in [6.07, 6.45) is 1.66. The number of ether oxygens (including phenoxy) is 1. The second-order valence-corrected chi connectivity index (χ2v) is 10.7. The first-order valence-corrected chi connectivity index (χ1v) is 12.9. The van der Waals surface area contributed by atoms with Crippen LogP contribution in [0, 0.1) is 17.6 Å². The van der Waals surface area contributed by atoms with Crippen molar-refractivity contribution in [2.24, 2.45) is 5.92 Å². The molecule has 0 aliphatic carbocycles. The van der Waals surface area contributed by atoms with E-state index in [0.717, 1.165) is 30.8 Å². The summed E-state index contributed by atoms with van der Waals surface area (Å²) in [6, 6.07) is 15.8. The van der Waals surface area contributed by atoms with E-state index in [9.17, 15) is 18.4 Å². The molecular weight excluding hydrogens is 468 g/mol. The molecule has 3 aromatic rings. The summed E-state index contributed by atoms with van der Waals surface area (Å²) in [7, 11) is 0. The second-order valence-electron chi connectivity index (χ2n) is 9.74. The van der Waals surface area contributed by atoms with Crippen LogP contribution >= 0.6 is 11.3 Å². The highest BCUT2D eigenvalue weighted by Crippen LogP contribution is 2.37. The lowest BCUT2D eigenvalue weighted by Gasteiger charge is -2.51. The molecule has 35 heavy (non-hydrogen) atoms. The Morgan fingerprint density at radius 3 is 2.43 bits per heavy atom. The van der Waals surface area contributed by atoms with Crippen molar-refractivity contribution in [3.63, 3.8) is 0 Å². The number of Topliss-reactive ketones (excluding diaryl/α,β-unsaturated/α-hetero) is 1. The minimum atomic E-state index is -0.746. The molecule has 2 unspecified atom stereocenters. The van der Waals surface area contributed by atoms with Gasteiger partial charge in [0.2, 0.25) is 5.78 Å². The van der Waals surface area contributed by atoms with Crippen LogP contribution in [0.3, 0.4) is 0 Å². The highest BCUT2D eigenvalue weighted by atomic mass is 32.1. The van der Waals surface area contributed by atoms with Crippen molar-refractivity contribution in [1.29, 1.82) is 0 Å². The molecule has 2 bridgehead atoms. The lowest BCUT2D eigenvalue weighted by molar-refractivity contribution is -0.938. The number of carbonyl (C=O) groups excluding carboxylic acids is 2. The van der Waals surface area contributed by atoms with E-state index in [1.54, 1.807) is 30.3 Å². The fourth-order valence-electron chi connectivity index (χ4n) is 5.54. The van der Waals surface area contributed by atoms with Crippen LogP contribution in [0.2, 0.25) is 0 Å². The van der Waals surface area contributed by atoms with Gasteiger partial charge >= 0.3 is 5.97 Å². The van der Waals surface area contributed by atoms with Crippen molar-refractivity contribution in [2.75, 3.05) is 26.2 Å². The van der Waals surface area contributed by atoms with Crippen molar-refractivity contribution in [3.05, 3.63) is 93.7 Å². The Labute approximate surface area is 207 Å². The van der Waals surface area contributed by atoms with E-state index in [0.29, 0.717) is 28.7 Å². The van der Waals surface area contributed by atoms with E-state index in [2.05, 4.69) is 0 Å². The molecule has 0 N–H and O–H groups in total. The van der Waals surface area contributed by atoms with Gasteiger partial charge < -0.3 is 9.22 Å². The Morgan fingerprint density at radius 1 is 1.00 bits per heavy atom. The average Bonchev–Trinajstić information content (AvgIpc) is 3.40. The van der Waals surface area contributed by atoms with Crippen molar-refractivity contribution in [2.45, 2.75) is 31.3 Å². The average molecular weight is 497 g/mol. The monoisotopic (exact) mass is 496 g/mol. The molecule has 0 amide bonds. The van der Waals surface area contributed by atoms with E-state index >= 15 is 0 Å². The minimum absolute atomic E-state index is 0.130. The summed E-state index contributed by atoms with van der Waals surface area (Å²) in [4.78, 5) is 27.1. The first-order chi connectivity index (χ1) is 16.9. The van der Waals surface area contributed by atoms with Crippen molar-refractivity contribution in [1.82, 2.24) is 0 Å². The maximum absolute atomic E-state index is 14.4. The van der Waals surface area contributed by atoms with Gasteiger partial charge in [0.1, 0.15) is 24.7 Å². The Kier molecular flexibility index (Phi) is 6.80. The molecule has 3 fully saturated rings. The predicted octanol–water partition coefficient (Wildman–Crippen LogP) is 5.39. The van der Waals surface area contributed by atoms with Gasteiger partial charge in [-0.2, -0.15) is 0 Å². The molecule has 0 saturated carbocycles. The van der Waals surface area contributed by atoms with Crippen LogP contribution in [-0.2, 0) is 16.0 Å². The standard InChI is InChI=1S/C28H28F2NO3S/c29-22-9-7-19(8-10-22)23(16-21-4-1-2-5-24(21)30)28(33)34-26-18-31(13-11-20(26)12-14-31)17-25(32)27-6-3-15-35-27/h1-10,15,20,23,26H,11-14,16-18H2/q+1. The van der Waals surface area contributed by atoms with Crippen LogP contribution in [0.4, 0.5) is 8.78 Å². The molecule has 7 heteroatoms. The number of ketones is 1. The zero-order valence-corrected chi connectivity index (χ0v) is 20.2. The van der Waals surface area contributed by atoms with Crippen LogP contribution in [0.25, 0.3) is 0 Å². The molecule has 2 atom stereocenters. The normalized spacial score (nSPS) is 24.2. The quantitative estimate of drug-likeness (QED) is 0.239. The number of hydrogen-bond acceptors (Lipinski definition) is 4. The first-order valence-electron chi connectivity index (χ1n) is 12.0.